The Morgan fingerprint density at radius 1 is 1.08 bits per heavy atom. The lowest BCUT2D eigenvalue weighted by Gasteiger charge is -2.47. The molecule has 0 aliphatic carbocycles. The van der Waals surface area contributed by atoms with Crippen molar-refractivity contribution in [3.05, 3.63) is 0 Å². The van der Waals surface area contributed by atoms with Crippen LogP contribution in [-0.4, -0.2) is 84.1 Å². The minimum absolute atomic E-state index is 0.120. The Kier molecular flexibility index (Phi) is 6.83. The fourth-order valence-corrected chi connectivity index (χ4v) is 3.48. The summed E-state index contributed by atoms with van der Waals surface area (Å²) in [6.07, 6.45) is -5.30. The highest BCUT2D eigenvalue weighted by Gasteiger charge is 2.49. The van der Waals surface area contributed by atoms with Crippen molar-refractivity contribution in [2.75, 3.05) is 13.7 Å². The number of hydrogen-bond acceptors (Lipinski definition) is 8. The summed E-state index contributed by atoms with van der Waals surface area (Å²) in [5.74, 6) is 0. The Morgan fingerprint density at radius 3 is 2.24 bits per heavy atom. The highest BCUT2D eigenvalue weighted by Crippen LogP contribution is 2.34. The van der Waals surface area contributed by atoms with Crippen LogP contribution in [0.3, 0.4) is 0 Å². The molecule has 9 atom stereocenters. The second-order valence-corrected chi connectivity index (χ2v) is 8.14. The Morgan fingerprint density at radius 2 is 1.72 bits per heavy atom. The molecule has 0 saturated carbocycles. The smallest absolute Gasteiger partial charge is 0.159 e. The normalized spacial score (nSPS) is 46.2. The molecule has 8 heteroatoms. The van der Waals surface area contributed by atoms with Gasteiger partial charge in [0.15, 0.2) is 6.29 Å². The van der Waals surface area contributed by atoms with E-state index in [1.165, 1.54) is 7.11 Å². The van der Waals surface area contributed by atoms with Crippen LogP contribution < -0.4 is 5.73 Å². The van der Waals surface area contributed by atoms with Crippen LogP contribution in [0.25, 0.3) is 0 Å². The first-order chi connectivity index (χ1) is 11.6. The summed E-state index contributed by atoms with van der Waals surface area (Å²) < 4.78 is 22.7. The fraction of sp³-hybridized carbons (Fsp3) is 1.00. The van der Waals surface area contributed by atoms with Crippen molar-refractivity contribution in [2.45, 2.75) is 89.2 Å². The lowest BCUT2D eigenvalue weighted by Crippen LogP contribution is -2.62. The molecule has 148 valence electrons. The van der Waals surface area contributed by atoms with Gasteiger partial charge in [-0.25, -0.2) is 0 Å². The molecule has 25 heavy (non-hydrogen) atoms. The molecule has 0 aromatic heterocycles. The number of aliphatic hydroxyl groups is 3. The zero-order chi connectivity index (χ0) is 18.9. The molecule has 2 fully saturated rings. The number of ether oxygens (including phenoxy) is 4. The number of aliphatic hydroxyl groups excluding tert-OH is 3. The number of hydrogen-bond donors (Lipinski definition) is 4. The topological polar surface area (TPSA) is 124 Å². The standard InChI is InChI=1S/C17H33NO7/c1-8-12(19)9(18)6-11(24-8)23-7-10-15(22-5)13(20)14(21)16(25-10)17(2,3)4/h8-16,19-21H,6-7,18H2,1-5H3/t8?,9-,10?,11-,12-,13-,14?,15-,16-/m1/s1. The van der Waals surface area contributed by atoms with Gasteiger partial charge >= 0.3 is 0 Å². The largest absolute Gasteiger partial charge is 0.389 e. The summed E-state index contributed by atoms with van der Waals surface area (Å²) in [7, 11) is 1.46. The van der Waals surface area contributed by atoms with Gasteiger partial charge in [-0.1, -0.05) is 20.8 Å². The molecule has 0 bridgehead atoms. The number of nitrogens with two attached hydrogens (primary N) is 1. The average Bonchev–Trinajstić information content (AvgIpc) is 2.52. The summed E-state index contributed by atoms with van der Waals surface area (Å²) in [5.41, 5.74) is 5.54. The fourth-order valence-electron chi connectivity index (χ4n) is 3.48. The maximum Gasteiger partial charge on any atom is 0.159 e. The van der Waals surface area contributed by atoms with Crippen LogP contribution in [0.4, 0.5) is 0 Å². The first-order valence-corrected chi connectivity index (χ1v) is 8.81. The first kappa shape index (κ1) is 21.0. The molecule has 3 unspecified atom stereocenters. The van der Waals surface area contributed by atoms with Gasteiger partial charge in [-0.2, -0.15) is 0 Å². The van der Waals surface area contributed by atoms with E-state index < -0.39 is 55.1 Å². The molecule has 8 nitrogen and oxygen atoms in total. The quantitative estimate of drug-likeness (QED) is 0.521. The average molecular weight is 363 g/mol. The zero-order valence-corrected chi connectivity index (χ0v) is 15.7. The van der Waals surface area contributed by atoms with Gasteiger partial charge in [-0.05, 0) is 12.3 Å². The van der Waals surface area contributed by atoms with Gasteiger partial charge in [0.2, 0.25) is 0 Å². The van der Waals surface area contributed by atoms with Crippen molar-refractivity contribution in [3.8, 4) is 0 Å². The minimum Gasteiger partial charge on any atom is -0.389 e. The number of methoxy groups -OCH3 is 1. The molecular weight excluding hydrogens is 330 g/mol. The van der Waals surface area contributed by atoms with Gasteiger partial charge in [0, 0.05) is 19.6 Å². The van der Waals surface area contributed by atoms with Crippen LogP contribution in [0.15, 0.2) is 0 Å². The molecule has 0 spiro atoms. The van der Waals surface area contributed by atoms with Crippen molar-refractivity contribution in [1.29, 1.82) is 0 Å². The van der Waals surface area contributed by atoms with Crippen LogP contribution in [0.2, 0.25) is 0 Å². The molecular formula is C17H33NO7. The van der Waals surface area contributed by atoms with Crippen molar-refractivity contribution in [3.63, 3.8) is 0 Å². The molecule has 2 heterocycles. The van der Waals surface area contributed by atoms with Gasteiger partial charge in [0.25, 0.3) is 0 Å². The Balaban J connectivity index is 2.01. The Labute approximate surface area is 149 Å². The van der Waals surface area contributed by atoms with Crippen molar-refractivity contribution in [1.82, 2.24) is 0 Å². The Hall–Kier alpha value is -0.320. The van der Waals surface area contributed by atoms with Crippen molar-refractivity contribution in [2.24, 2.45) is 11.1 Å². The van der Waals surface area contributed by atoms with Gasteiger partial charge in [-0.15, -0.1) is 0 Å². The third-order valence-corrected chi connectivity index (χ3v) is 5.01. The van der Waals surface area contributed by atoms with Gasteiger partial charge < -0.3 is 40.0 Å². The lowest BCUT2D eigenvalue weighted by molar-refractivity contribution is -0.280. The van der Waals surface area contributed by atoms with Gasteiger partial charge in [0.1, 0.15) is 24.4 Å². The zero-order valence-electron chi connectivity index (χ0n) is 15.7. The van der Waals surface area contributed by atoms with Gasteiger partial charge in [0.05, 0.1) is 24.9 Å². The summed E-state index contributed by atoms with van der Waals surface area (Å²) >= 11 is 0. The minimum atomic E-state index is -1.08. The monoisotopic (exact) mass is 363 g/mol. The summed E-state index contributed by atoms with van der Waals surface area (Å²) in [4.78, 5) is 0. The second-order valence-electron chi connectivity index (χ2n) is 8.14. The summed E-state index contributed by atoms with van der Waals surface area (Å²) in [6.45, 7) is 7.67. The van der Waals surface area contributed by atoms with E-state index in [9.17, 15) is 15.3 Å². The van der Waals surface area contributed by atoms with Crippen LogP contribution in [0.5, 0.6) is 0 Å². The van der Waals surface area contributed by atoms with E-state index in [1.54, 1.807) is 6.92 Å². The van der Waals surface area contributed by atoms with E-state index in [-0.39, 0.29) is 12.0 Å². The summed E-state index contributed by atoms with van der Waals surface area (Å²) in [5, 5.41) is 30.6. The van der Waals surface area contributed by atoms with Crippen LogP contribution >= 0.6 is 0 Å². The van der Waals surface area contributed by atoms with Crippen LogP contribution in [0, 0.1) is 5.41 Å². The van der Waals surface area contributed by atoms with E-state index in [0.717, 1.165) is 0 Å². The molecule has 2 aliphatic heterocycles. The lowest BCUT2D eigenvalue weighted by atomic mass is 9.80. The highest BCUT2D eigenvalue weighted by molar-refractivity contribution is 4.97. The van der Waals surface area contributed by atoms with E-state index >= 15 is 0 Å². The Bertz CT molecular complexity index is 418. The van der Waals surface area contributed by atoms with Crippen molar-refractivity contribution < 1.29 is 34.3 Å². The van der Waals surface area contributed by atoms with E-state index in [2.05, 4.69) is 0 Å². The van der Waals surface area contributed by atoms with E-state index in [4.69, 9.17) is 24.7 Å². The maximum absolute atomic E-state index is 10.4. The molecule has 2 aliphatic rings. The van der Waals surface area contributed by atoms with E-state index in [0.29, 0.717) is 6.42 Å². The predicted molar refractivity (Wildman–Crippen MR) is 89.8 cm³/mol. The first-order valence-electron chi connectivity index (χ1n) is 8.81. The van der Waals surface area contributed by atoms with Crippen molar-refractivity contribution >= 4 is 0 Å². The molecule has 2 saturated heterocycles. The molecule has 0 aromatic carbocycles. The van der Waals surface area contributed by atoms with Crippen LogP contribution in [-0.2, 0) is 18.9 Å². The maximum atomic E-state index is 10.4. The molecule has 2 rings (SSSR count). The van der Waals surface area contributed by atoms with Crippen LogP contribution in [0.1, 0.15) is 34.1 Å². The SMILES string of the molecule is CO[C@@H]1C(CO[C@H]2C[C@@H](N)[C@H](O)C(C)O2)O[C@@H](C(C)(C)C)C(O)[C@H]1O. The summed E-state index contributed by atoms with van der Waals surface area (Å²) in [6, 6.07) is -0.422. The predicted octanol–water partition coefficient (Wildman–Crippen LogP) is -0.624. The third kappa shape index (κ3) is 4.70. The van der Waals surface area contributed by atoms with Gasteiger partial charge in [-0.3, -0.25) is 0 Å². The molecule has 0 amide bonds. The third-order valence-electron chi connectivity index (χ3n) is 5.01. The number of rotatable bonds is 4. The molecule has 0 radical (unpaired) electrons. The van der Waals surface area contributed by atoms with E-state index in [1.807, 2.05) is 20.8 Å². The second kappa shape index (κ2) is 8.14. The molecule has 0 aromatic rings. The molecule has 5 N–H and O–H groups in total. The highest BCUT2D eigenvalue weighted by atomic mass is 16.7.